The molecule has 2 nitrogen and oxygen atoms in total. The highest BCUT2D eigenvalue weighted by atomic mass is 16.5. The van der Waals surface area contributed by atoms with Crippen molar-refractivity contribution in [2.45, 2.75) is 59.6 Å². The monoisotopic (exact) mass is 239 g/mol. The minimum atomic E-state index is 0.283. The zero-order valence-corrected chi connectivity index (χ0v) is 12.1. The molecule has 1 aliphatic carbocycles. The Bertz CT molecular complexity index is 245. The molecule has 100 valence electrons. The summed E-state index contributed by atoms with van der Waals surface area (Å²) in [7, 11) is 0. The molecular weight excluding hydrogens is 210 g/mol. The third-order valence-electron chi connectivity index (χ3n) is 3.75. The molecule has 1 fully saturated rings. The Morgan fingerprint density at radius 1 is 1.41 bits per heavy atom. The Labute approximate surface area is 107 Å². The van der Waals surface area contributed by atoms with Gasteiger partial charge in [-0.2, -0.15) is 0 Å². The zero-order valence-electron chi connectivity index (χ0n) is 12.1. The van der Waals surface area contributed by atoms with Crippen LogP contribution in [-0.2, 0) is 4.74 Å². The first-order valence-corrected chi connectivity index (χ1v) is 6.94. The Hall–Kier alpha value is -0.340. The summed E-state index contributed by atoms with van der Waals surface area (Å²) < 4.78 is 5.96. The van der Waals surface area contributed by atoms with Crippen LogP contribution in [0.2, 0.25) is 0 Å². The normalized spacial score (nSPS) is 27.6. The second-order valence-electron chi connectivity index (χ2n) is 6.14. The Morgan fingerprint density at radius 3 is 2.65 bits per heavy atom. The summed E-state index contributed by atoms with van der Waals surface area (Å²) in [4.78, 5) is 0. The van der Waals surface area contributed by atoms with Gasteiger partial charge in [0.25, 0.3) is 0 Å². The Kier molecular flexibility index (Phi) is 5.68. The fraction of sp³-hybridized carbons (Fsp3) is 0.867. The minimum Gasteiger partial charge on any atom is -0.377 e. The fourth-order valence-corrected chi connectivity index (χ4v) is 2.33. The maximum absolute atomic E-state index is 5.96. The maximum Gasteiger partial charge on any atom is 0.0656 e. The van der Waals surface area contributed by atoms with Crippen LogP contribution in [0.3, 0.4) is 0 Å². The number of hydrogen-bond donors (Lipinski definition) is 1. The first-order chi connectivity index (χ1) is 7.98. The van der Waals surface area contributed by atoms with E-state index in [1.165, 1.54) is 0 Å². The van der Waals surface area contributed by atoms with Crippen LogP contribution in [0.15, 0.2) is 12.2 Å². The van der Waals surface area contributed by atoms with Crippen LogP contribution in [0, 0.1) is 11.3 Å². The average molecular weight is 239 g/mol. The van der Waals surface area contributed by atoms with Crippen LogP contribution in [0.4, 0.5) is 0 Å². The van der Waals surface area contributed by atoms with Gasteiger partial charge >= 0.3 is 0 Å². The van der Waals surface area contributed by atoms with Crippen molar-refractivity contribution < 1.29 is 4.74 Å². The number of allylic oxidation sites excluding steroid dienone is 1. The van der Waals surface area contributed by atoms with E-state index in [1.54, 1.807) is 0 Å². The number of rotatable bonds is 7. The molecule has 0 bridgehead atoms. The summed E-state index contributed by atoms with van der Waals surface area (Å²) in [5, 5.41) is 3.63. The number of ether oxygens (including phenoxy) is 1. The summed E-state index contributed by atoms with van der Waals surface area (Å²) >= 11 is 0. The van der Waals surface area contributed by atoms with Crippen molar-refractivity contribution in [3.8, 4) is 0 Å². The third-order valence-corrected chi connectivity index (χ3v) is 3.75. The molecule has 0 amide bonds. The summed E-state index contributed by atoms with van der Waals surface area (Å²) in [5.41, 5.74) is 0.283. The van der Waals surface area contributed by atoms with Crippen LogP contribution in [0.1, 0.15) is 47.5 Å². The summed E-state index contributed by atoms with van der Waals surface area (Å²) in [6, 6.07) is 0.616. The second-order valence-corrected chi connectivity index (χ2v) is 6.14. The van der Waals surface area contributed by atoms with Crippen LogP contribution < -0.4 is 5.32 Å². The molecule has 0 aromatic rings. The van der Waals surface area contributed by atoms with Gasteiger partial charge in [-0.15, -0.1) is 0 Å². The van der Waals surface area contributed by atoms with Gasteiger partial charge in [-0.3, -0.25) is 0 Å². The van der Waals surface area contributed by atoms with Crippen molar-refractivity contribution in [2.24, 2.45) is 11.3 Å². The van der Waals surface area contributed by atoms with Gasteiger partial charge in [0, 0.05) is 18.1 Å². The molecule has 1 aliphatic rings. The van der Waals surface area contributed by atoms with E-state index < -0.39 is 0 Å². The van der Waals surface area contributed by atoms with Gasteiger partial charge in [0.1, 0.15) is 0 Å². The van der Waals surface area contributed by atoms with E-state index in [2.05, 4.69) is 52.1 Å². The van der Waals surface area contributed by atoms with Gasteiger partial charge in [0.05, 0.1) is 6.10 Å². The number of nitrogens with one attached hydrogen (secondary N) is 1. The molecule has 1 saturated carbocycles. The van der Waals surface area contributed by atoms with Gasteiger partial charge < -0.3 is 10.1 Å². The smallest absolute Gasteiger partial charge is 0.0656 e. The van der Waals surface area contributed by atoms with Crippen molar-refractivity contribution in [1.29, 1.82) is 0 Å². The molecule has 2 unspecified atom stereocenters. The molecule has 0 spiro atoms. The molecule has 1 N–H and O–H groups in total. The quantitative estimate of drug-likeness (QED) is 0.543. The maximum atomic E-state index is 5.96. The molecule has 0 aromatic heterocycles. The largest absolute Gasteiger partial charge is 0.377 e. The topological polar surface area (TPSA) is 21.3 Å². The van der Waals surface area contributed by atoms with Crippen molar-refractivity contribution in [1.82, 2.24) is 5.32 Å². The molecule has 0 aliphatic heterocycles. The van der Waals surface area contributed by atoms with Crippen molar-refractivity contribution in [3.05, 3.63) is 12.2 Å². The lowest BCUT2D eigenvalue weighted by Gasteiger charge is -2.52. The molecule has 0 heterocycles. The lowest BCUT2D eigenvalue weighted by Crippen LogP contribution is -2.61. The second kappa shape index (κ2) is 6.55. The zero-order chi connectivity index (χ0) is 12.9. The standard InChI is InChI=1S/C15H29NO/c1-6-7-8-9-16-13-10-14(15(13,4)5)17-11-12(2)3/h6-7,12-14,16H,8-11H2,1-5H3/b7-6+. The Morgan fingerprint density at radius 2 is 2.12 bits per heavy atom. The van der Waals surface area contributed by atoms with Crippen molar-refractivity contribution in [2.75, 3.05) is 13.2 Å². The Balaban J connectivity index is 2.23. The molecule has 2 heteroatoms. The van der Waals surface area contributed by atoms with Crippen molar-refractivity contribution >= 4 is 0 Å². The van der Waals surface area contributed by atoms with E-state index in [0.717, 1.165) is 26.0 Å². The molecule has 0 radical (unpaired) electrons. The first kappa shape index (κ1) is 14.7. The lowest BCUT2D eigenvalue weighted by molar-refractivity contribution is -0.123. The summed E-state index contributed by atoms with van der Waals surface area (Å²) in [5.74, 6) is 0.632. The molecule has 0 aromatic carbocycles. The highest BCUT2D eigenvalue weighted by molar-refractivity contribution is 5.02. The average Bonchev–Trinajstić information content (AvgIpc) is 2.25. The van der Waals surface area contributed by atoms with E-state index in [-0.39, 0.29) is 5.41 Å². The highest BCUT2D eigenvalue weighted by Gasteiger charge is 2.48. The molecule has 1 rings (SSSR count). The third kappa shape index (κ3) is 4.11. The van der Waals surface area contributed by atoms with Gasteiger partial charge in [0.15, 0.2) is 0 Å². The van der Waals surface area contributed by atoms with Crippen LogP contribution in [-0.4, -0.2) is 25.3 Å². The van der Waals surface area contributed by atoms with Crippen molar-refractivity contribution in [3.63, 3.8) is 0 Å². The first-order valence-electron chi connectivity index (χ1n) is 6.94. The molecular formula is C15H29NO. The summed E-state index contributed by atoms with van der Waals surface area (Å²) in [6.07, 6.45) is 7.05. The van der Waals surface area contributed by atoms with Gasteiger partial charge in [-0.1, -0.05) is 39.8 Å². The minimum absolute atomic E-state index is 0.283. The molecule has 17 heavy (non-hydrogen) atoms. The van der Waals surface area contributed by atoms with E-state index in [9.17, 15) is 0 Å². The van der Waals surface area contributed by atoms with E-state index >= 15 is 0 Å². The van der Waals surface area contributed by atoms with E-state index in [0.29, 0.717) is 18.1 Å². The number of hydrogen-bond acceptors (Lipinski definition) is 2. The SMILES string of the molecule is C/C=C/CCNC1CC(OCC(C)C)C1(C)C. The highest BCUT2D eigenvalue weighted by Crippen LogP contribution is 2.42. The van der Waals surface area contributed by atoms with Gasteiger partial charge in [0.2, 0.25) is 0 Å². The predicted octanol–water partition coefficient (Wildman–Crippen LogP) is 3.38. The van der Waals surface area contributed by atoms with Gasteiger partial charge in [-0.25, -0.2) is 0 Å². The molecule has 0 saturated heterocycles. The van der Waals surface area contributed by atoms with E-state index in [1.807, 2.05) is 0 Å². The van der Waals surface area contributed by atoms with Crippen LogP contribution >= 0.6 is 0 Å². The fourth-order valence-electron chi connectivity index (χ4n) is 2.33. The predicted molar refractivity (Wildman–Crippen MR) is 74.2 cm³/mol. The lowest BCUT2D eigenvalue weighted by atomic mass is 9.64. The molecule has 2 atom stereocenters. The van der Waals surface area contributed by atoms with Crippen LogP contribution in [0.5, 0.6) is 0 Å². The van der Waals surface area contributed by atoms with Crippen LogP contribution in [0.25, 0.3) is 0 Å². The summed E-state index contributed by atoms with van der Waals surface area (Å²) in [6.45, 7) is 13.1. The van der Waals surface area contributed by atoms with E-state index in [4.69, 9.17) is 4.74 Å². The van der Waals surface area contributed by atoms with Gasteiger partial charge in [-0.05, 0) is 32.2 Å².